The Morgan fingerprint density at radius 2 is 2.17 bits per heavy atom. The second kappa shape index (κ2) is 5.04. The van der Waals surface area contributed by atoms with E-state index in [0.717, 1.165) is 0 Å². The van der Waals surface area contributed by atoms with Crippen molar-refractivity contribution in [3.05, 3.63) is 39.7 Å². The minimum absolute atomic E-state index is 0.182. The van der Waals surface area contributed by atoms with Gasteiger partial charge in [-0.15, -0.1) is 11.3 Å². The Hall–Kier alpha value is -1.46. The maximum Gasteiger partial charge on any atom is 0.358 e. The van der Waals surface area contributed by atoms with E-state index in [1.807, 2.05) is 0 Å². The van der Waals surface area contributed by atoms with Crippen molar-refractivity contribution in [1.29, 1.82) is 0 Å². The van der Waals surface area contributed by atoms with Gasteiger partial charge in [0.1, 0.15) is 5.82 Å². The molecule has 6 heteroatoms. The van der Waals surface area contributed by atoms with E-state index in [1.54, 1.807) is 13.0 Å². The molecule has 94 valence electrons. The van der Waals surface area contributed by atoms with Crippen molar-refractivity contribution < 1.29 is 13.9 Å². The number of aromatic nitrogens is 1. The fourth-order valence-corrected chi connectivity index (χ4v) is 2.66. The van der Waals surface area contributed by atoms with Gasteiger partial charge in [0, 0.05) is 5.02 Å². The monoisotopic (exact) mass is 285 g/mol. The summed E-state index contributed by atoms with van der Waals surface area (Å²) < 4.78 is 18.0. The third-order valence-electron chi connectivity index (χ3n) is 2.24. The van der Waals surface area contributed by atoms with Crippen molar-refractivity contribution in [2.75, 3.05) is 7.11 Å². The third kappa shape index (κ3) is 2.52. The maximum atomic E-state index is 13.3. The lowest BCUT2D eigenvalue weighted by Crippen LogP contribution is -2.03. The van der Waals surface area contributed by atoms with Crippen molar-refractivity contribution in [1.82, 2.24) is 4.98 Å². The first-order chi connectivity index (χ1) is 8.51. The van der Waals surface area contributed by atoms with E-state index in [9.17, 15) is 9.18 Å². The van der Waals surface area contributed by atoms with Crippen molar-refractivity contribution in [2.24, 2.45) is 0 Å². The highest BCUT2D eigenvalue weighted by molar-refractivity contribution is 7.15. The van der Waals surface area contributed by atoms with Crippen LogP contribution in [0.5, 0.6) is 0 Å². The number of nitrogens with zero attached hydrogens (tertiary/aromatic N) is 1. The molecule has 0 bridgehead atoms. The summed E-state index contributed by atoms with van der Waals surface area (Å²) in [5, 5.41) is 0.970. The van der Waals surface area contributed by atoms with Gasteiger partial charge in [-0.25, -0.2) is 14.2 Å². The number of methoxy groups -OCH3 is 1. The summed E-state index contributed by atoms with van der Waals surface area (Å²) in [4.78, 5) is 16.2. The molecule has 2 rings (SSSR count). The zero-order valence-electron chi connectivity index (χ0n) is 9.66. The summed E-state index contributed by atoms with van der Waals surface area (Å²) in [7, 11) is 1.28. The lowest BCUT2D eigenvalue weighted by atomic mass is 10.1. The summed E-state index contributed by atoms with van der Waals surface area (Å²) >= 11 is 7.09. The Morgan fingerprint density at radius 1 is 1.44 bits per heavy atom. The number of rotatable bonds is 2. The summed E-state index contributed by atoms with van der Waals surface area (Å²) in [5.41, 5.74) is 0.702. The molecule has 2 aromatic rings. The smallest absolute Gasteiger partial charge is 0.358 e. The normalized spacial score (nSPS) is 10.4. The number of halogens is 2. The Kier molecular flexibility index (Phi) is 3.63. The molecule has 0 atom stereocenters. The van der Waals surface area contributed by atoms with Gasteiger partial charge in [0.05, 0.1) is 17.0 Å². The molecule has 3 nitrogen and oxygen atoms in total. The highest BCUT2D eigenvalue weighted by Gasteiger charge is 2.19. The number of esters is 1. The van der Waals surface area contributed by atoms with E-state index in [1.165, 1.54) is 30.6 Å². The van der Waals surface area contributed by atoms with Gasteiger partial charge in [-0.2, -0.15) is 0 Å². The number of benzene rings is 1. The lowest BCUT2D eigenvalue weighted by Gasteiger charge is -2.02. The average molecular weight is 286 g/mol. The quantitative estimate of drug-likeness (QED) is 0.790. The van der Waals surface area contributed by atoms with E-state index in [-0.39, 0.29) is 10.7 Å². The molecule has 1 aromatic heterocycles. The standard InChI is InChI=1S/C12H9ClFNO2S/c1-6-15-10(12(16)17-2)11(18-6)7-3-8(13)5-9(14)4-7/h3-5H,1-2H3. The van der Waals surface area contributed by atoms with Gasteiger partial charge in [-0.05, 0) is 30.7 Å². The molecule has 0 aliphatic rings. The second-order valence-electron chi connectivity index (χ2n) is 3.56. The molecule has 0 aliphatic carbocycles. The van der Waals surface area contributed by atoms with Gasteiger partial charge in [0.25, 0.3) is 0 Å². The van der Waals surface area contributed by atoms with Crippen LogP contribution in [-0.4, -0.2) is 18.1 Å². The van der Waals surface area contributed by atoms with Crippen molar-refractivity contribution in [2.45, 2.75) is 6.92 Å². The minimum atomic E-state index is -0.547. The minimum Gasteiger partial charge on any atom is -0.464 e. The molecule has 0 aliphatic heterocycles. The number of hydrogen-bond donors (Lipinski definition) is 0. The maximum absolute atomic E-state index is 13.3. The summed E-state index contributed by atoms with van der Waals surface area (Å²) in [6, 6.07) is 4.10. The fourth-order valence-electron chi connectivity index (χ4n) is 1.54. The molecule has 1 heterocycles. The van der Waals surface area contributed by atoms with Gasteiger partial charge >= 0.3 is 5.97 Å². The highest BCUT2D eigenvalue weighted by Crippen LogP contribution is 2.32. The van der Waals surface area contributed by atoms with Crippen molar-refractivity contribution in [3.8, 4) is 10.4 Å². The zero-order valence-corrected chi connectivity index (χ0v) is 11.2. The Balaban J connectivity index is 2.59. The molecule has 0 N–H and O–H groups in total. The van der Waals surface area contributed by atoms with Crippen LogP contribution in [0, 0.1) is 12.7 Å². The van der Waals surface area contributed by atoms with E-state index < -0.39 is 11.8 Å². The molecule has 0 radical (unpaired) electrons. The number of carbonyl (C=O) groups excluding carboxylic acids is 1. The predicted octanol–water partition coefficient (Wildman–Crippen LogP) is 3.70. The van der Waals surface area contributed by atoms with E-state index in [0.29, 0.717) is 15.4 Å². The lowest BCUT2D eigenvalue weighted by molar-refractivity contribution is 0.0595. The van der Waals surface area contributed by atoms with Gasteiger partial charge in [-0.3, -0.25) is 0 Å². The molecule has 0 unspecified atom stereocenters. The summed E-state index contributed by atoms with van der Waals surface area (Å²) in [6.45, 7) is 1.77. The van der Waals surface area contributed by atoms with E-state index in [4.69, 9.17) is 11.6 Å². The van der Waals surface area contributed by atoms with Crippen molar-refractivity contribution in [3.63, 3.8) is 0 Å². The molecule has 0 saturated carbocycles. The Morgan fingerprint density at radius 3 is 2.78 bits per heavy atom. The number of carbonyl (C=O) groups is 1. The van der Waals surface area contributed by atoms with Crippen LogP contribution in [-0.2, 0) is 4.74 Å². The van der Waals surface area contributed by atoms with Crippen LogP contribution >= 0.6 is 22.9 Å². The summed E-state index contributed by atoms with van der Waals surface area (Å²) in [6.07, 6.45) is 0. The first-order valence-corrected chi connectivity index (χ1v) is 6.23. The van der Waals surface area contributed by atoms with Crippen LogP contribution in [0.3, 0.4) is 0 Å². The number of thiazole rings is 1. The SMILES string of the molecule is COC(=O)c1nc(C)sc1-c1cc(F)cc(Cl)c1. The van der Waals surface area contributed by atoms with Gasteiger partial charge in [-0.1, -0.05) is 11.6 Å². The van der Waals surface area contributed by atoms with Crippen LogP contribution in [0.1, 0.15) is 15.5 Å². The highest BCUT2D eigenvalue weighted by atomic mass is 35.5. The Labute approximate surface area is 112 Å². The van der Waals surface area contributed by atoms with E-state index in [2.05, 4.69) is 9.72 Å². The molecule has 18 heavy (non-hydrogen) atoms. The molecule has 0 spiro atoms. The zero-order chi connectivity index (χ0) is 13.3. The first-order valence-electron chi connectivity index (χ1n) is 5.03. The molecule has 1 aromatic carbocycles. The van der Waals surface area contributed by atoms with Crippen LogP contribution in [0.15, 0.2) is 18.2 Å². The van der Waals surface area contributed by atoms with Crippen LogP contribution < -0.4 is 0 Å². The van der Waals surface area contributed by atoms with Crippen molar-refractivity contribution >= 4 is 28.9 Å². The van der Waals surface area contributed by atoms with Crippen LogP contribution in [0.25, 0.3) is 10.4 Å². The predicted molar refractivity (Wildman–Crippen MR) is 68.6 cm³/mol. The topological polar surface area (TPSA) is 39.2 Å². The van der Waals surface area contributed by atoms with Gasteiger partial charge in [0.15, 0.2) is 5.69 Å². The molecule has 0 amide bonds. The molecule has 0 saturated heterocycles. The second-order valence-corrected chi connectivity index (χ2v) is 5.20. The first kappa shape index (κ1) is 13.0. The molecular weight excluding hydrogens is 277 g/mol. The number of aryl methyl sites for hydroxylation is 1. The molecular formula is C12H9ClFNO2S. The van der Waals surface area contributed by atoms with Crippen LogP contribution in [0.4, 0.5) is 4.39 Å². The number of ether oxygens (including phenoxy) is 1. The third-order valence-corrected chi connectivity index (χ3v) is 3.48. The molecule has 0 fully saturated rings. The fraction of sp³-hybridized carbons (Fsp3) is 0.167. The largest absolute Gasteiger partial charge is 0.464 e. The summed E-state index contributed by atoms with van der Waals surface area (Å²) in [5.74, 6) is -1.01. The van der Waals surface area contributed by atoms with Crippen LogP contribution in [0.2, 0.25) is 5.02 Å². The van der Waals surface area contributed by atoms with Gasteiger partial charge < -0.3 is 4.74 Å². The van der Waals surface area contributed by atoms with E-state index >= 15 is 0 Å². The van der Waals surface area contributed by atoms with Gasteiger partial charge in [0.2, 0.25) is 0 Å². The average Bonchev–Trinajstić information content (AvgIpc) is 2.69. The number of hydrogen-bond acceptors (Lipinski definition) is 4. The Bertz CT molecular complexity index is 592.